The predicted octanol–water partition coefficient (Wildman–Crippen LogP) is 2.97. The number of para-hydroxylation sites is 1. The quantitative estimate of drug-likeness (QED) is 0.656. The summed E-state index contributed by atoms with van der Waals surface area (Å²) in [6.45, 7) is -0.655. The van der Waals surface area contributed by atoms with Crippen LogP contribution in [0.15, 0.2) is 18.2 Å². The van der Waals surface area contributed by atoms with Crippen LogP contribution in [0.2, 0.25) is 0 Å². The van der Waals surface area contributed by atoms with Gasteiger partial charge in [0.1, 0.15) is 5.69 Å². The number of anilines is 1. The van der Waals surface area contributed by atoms with Crippen molar-refractivity contribution < 1.29 is 22.8 Å². The molecule has 0 aliphatic heterocycles. The summed E-state index contributed by atoms with van der Waals surface area (Å²) < 4.78 is 40.6. The topological polar surface area (TPSA) is 64.4 Å². The Morgan fingerprint density at radius 2 is 2.11 bits per heavy atom. The molecule has 100 valence electrons. The molecular weight excluding hydrogens is 253 g/mol. The maximum atomic E-state index is 11.9. The maximum Gasteiger partial charge on any atom is 0.392 e. The number of ether oxygens (including phenoxy) is 1. The molecule has 0 heterocycles. The molecule has 18 heavy (non-hydrogen) atoms. The minimum absolute atomic E-state index is 0.184. The molecule has 0 saturated carbocycles. The Morgan fingerprint density at radius 3 is 2.61 bits per heavy atom. The summed E-state index contributed by atoms with van der Waals surface area (Å²) in [5, 5.41) is 13.4. The van der Waals surface area contributed by atoms with Crippen molar-refractivity contribution in [3.63, 3.8) is 0 Å². The monoisotopic (exact) mass is 264 g/mol. The van der Waals surface area contributed by atoms with Crippen LogP contribution >= 0.6 is 0 Å². The van der Waals surface area contributed by atoms with Crippen molar-refractivity contribution in [1.82, 2.24) is 0 Å². The number of hydrogen-bond donors (Lipinski definition) is 1. The molecule has 1 aromatic rings. The molecule has 0 spiro atoms. The highest BCUT2D eigenvalue weighted by Crippen LogP contribution is 2.34. The molecule has 0 fully saturated rings. The molecule has 0 aromatic heterocycles. The molecule has 0 aliphatic carbocycles. The Morgan fingerprint density at radius 1 is 1.44 bits per heavy atom. The molecule has 0 unspecified atom stereocenters. The fraction of sp³-hybridized carbons (Fsp3) is 0.400. The van der Waals surface area contributed by atoms with Crippen LogP contribution in [-0.2, 0) is 0 Å². The van der Waals surface area contributed by atoms with Crippen LogP contribution in [0.4, 0.5) is 24.5 Å². The van der Waals surface area contributed by atoms with E-state index in [-0.39, 0.29) is 17.1 Å². The number of nitro benzene ring substituents is 1. The Labute approximate surface area is 101 Å². The summed E-state index contributed by atoms with van der Waals surface area (Å²) in [6.07, 6.45) is -5.51. The zero-order valence-corrected chi connectivity index (χ0v) is 9.45. The Kier molecular flexibility index (Phi) is 4.35. The first kappa shape index (κ1) is 14.1. The third-order valence-corrected chi connectivity index (χ3v) is 2.09. The van der Waals surface area contributed by atoms with Gasteiger partial charge in [-0.1, -0.05) is 6.07 Å². The molecule has 0 bridgehead atoms. The molecule has 8 heteroatoms. The van der Waals surface area contributed by atoms with Gasteiger partial charge in [-0.2, -0.15) is 13.2 Å². The van der Waals surface area contributed by atoms with Crippen molar-refractivity contribution >= 4 is 11.4 Å². The van der Waals surface area contributed by atoms with Crippen LogP contribution in [0.25, 0.3) is 0 Å². The summed E-state index contributed by atoms with van der Waals surface area (Å²) in [5.41, 5.74) is -0.188. The minimum atomic E-state index is -4.35. The number of halogens is 3. The van der Waals surface area contributed by atoms with Crippen molar-refractivity contribution in [3.05, 3.63) is 28.3 Å². The maximum absolute atomic E-state index is 11.9. The molecule has 0 amide bonds. The Balaban J connectivity index is 2.85. The zero-order valence-electron chi connectivity index (χ0n) is 9.45. The molecule has 5 nitrogen and oxygen atoms in total. The molecule has 1 rings (SSSR count). The number of nitrogens with zero attached hydrogens (tertiary/aromatic N) is 1. The van der Waals surface area contributed by atoms with E-state index in [4.69, 9.17) is 4.74 Å². The van der Waals surface area contributed by atoms with Crippen LogP contribution in [0.5, 0.6) is 5.75 Å². The van der Waals surface area contributed by atoms with Gasteiger partial charge in [0.2, 0.25) is 0 Å². The van der Waals surface area contributed by atoms with E-state index in [9.17, 15) is 23.3 Å². The first-order valence-corrected chi connectivity index (χ1v) is 5.00. The van der Waals surface area contributed by atoms with E-state index in [0.717, 1.165) is 0 Å². The molecule has 0 radical (unpaired) electrons. The van der Waals surface area contributed by atoms with Crippen LogP contribution < -0.4 is 10.1 Å². The second kappa shape index (κ2) is 5.56. The summed E-state index contributed by atoms with van der Waals surface area (Å²) in [5.74, 6) is -0.184. The number of rotatable bonds is 5. The lowest BCUT2D eigenvalue weighted by Gasteiger charge is -2.10. The van der Waals surface area contributed by atoms with Crippen molar-refractivity contribution in [3.8, 4) is 5.75 Å². The molecule has 0 aliphatic rings. The van der Waals surface area contributed by atoms with Crippen molar-refractivity contribution in [2.45, 2.75) is 12.6 Å². The van der Waals surface area contributed by atoms with E-state index in [1.165, 1.54) is 25.2 Å². The van der Waals surface area contributed by atoms with Gasteiger partial charge in [0.25, 0.3) is 0 Å². The number of benzene rings is 1. The number of nitrogens with one attached hydrogen (secondary N) is 1. The van der Waals surface area contributed by atoms with Gasteiger partial charge >= 0.3 is 11.9 Å². The fourth-order valence-electron chi connectivity index (χ4n) is 1.31. The summed E-state index contributed by atoms with van der Waals surface area (Å²) in [7, 11) is 1.47. The largest absolute Gasteiger partial charge is 0.486 e. The second-order valence-corrected chi connectivity index (χ2v) is 3.37. The second-order valence-electron chi connectivity index (χ2n) is 3.37. The van der Waals surface area contributed by atoms with Gasteiger partial charge in [0.05, 0.1) is 18.0 Å². The van der Waals surface area contributed by atoms with Gasteiger partial charge in [0, 0.05) is 7.05 Å². The van der Waals surface area contributed by atoms with E-state index < -0.39 is 24.1 Å². The van der Waals surface area contributed by atoms with Gasteiger partial charge in [0.15, 0.2) is 5.75 Å². The van der Waals surface area contributed by atoms with Gasteiger partial charge in [-0.15, -0.1) is 0 Å². The van der Waals surface area contributed by atoms with Crippen LogP contribution in [0, 0.1) is 10.1 Å². The standard InChI is InChI=1S/C10H11F3N2O3/c1-14-7-3-2-4-8(9(7)15(16)17)18-6-5-10(11,12)13/h2-4,14H,5-6H2,1H3. The normalized spacial score (nSPS) is 11.1. The minimum Gasteiger partial charge on any atom is -0.486 e. The van der Waals surface area contributed by atoms with E-state index >= 15 is 0 Å². The number of nitro groups is 1. The molecule has 1 N–H and O–H groups in total. The Hall–Kier alpha value is -1.99. The highest BCUT2D eigenvalue weighted by molar-refractivity contribution is 5.68. The van der Waals surface area contributed by atoms with E-state index in [2.05, 4.69) is 5.32 Å². The number of alkyl halides is 3. The lowest BCUT2D eigenvalue weighted by Crippen LogP contribution is -2.13. The summed E-state index contributed by atoms with van der Waals surface area (Å²) >= 11 is 0. The molecule has 0 atom stereocenters. The van der Waals surface area contributed by atoms with E-state index in [1.807, 2.05) is 0 Å². The first-order chi connectivity index (χ1) is 8.35. The Bertz CT molecular complexity index is 435. The summed E-state index contributed by atoms with van der Waals surface area (Å²) in [4.78, 5) is 10.1. The van der Waals surface area contributed by atoms with Gasteiger partial charge < -0.3 is 10.1 Å². The fourth-order valence-corrected chi connectivity index (χ4v) is 1.31. The lowest BCUT2D eigenvalue weighted by molar-refractivity contribution is -0.385. The van der Waals surface area contributed by atoms with E-state index in [1.54, 1.807) is 0 Å². The smallest absolute Gasteiger partial charge is 0.392 e. The third-order valence-electron chi connectivity index (χ3n) is 2.09. The summed E-state index contributed by atoms with van der Waals surface area (Å²) in [6, 6.07) is 4.16. The third kappa shape index (κ3) is 3.79. The van der Waals surface area contributed by atoms with Gasteiger partial charge in [-0.25, -0.2) is 0 Å². The molecule has 0 saturated heterocycles. The molecule has 1 aromatic carbocycles. The number of hydrogen-bond acceptors (Lipinski definition) is 4. The lowest BCUT2D eigenvalue weighted by atomic mass is 10.2. The van der Waals surface area contributed by atoms with Crippen LogP contribution in [0.3, 0.4) is 0 Å². The SMILES string of the molecule is CNc1cccc(OCCC(F)(F)F)c1[N+](=O)[O-]. The van der Waals surface area contributed by atoms with Gasteiger partial charge in [-0.3, -0.25) is 10.1 Å². The average molecular weight is 264 g/mol. The van der Waals surface area contributed by atoms with Gasteiger partial charge in [-0.05, 0) is 12.1 Å². The van der Waals surface area contributed by atoms with Crippen LogP contribution in [0.1, 0.15) is 6.42 Å². The zero-order chi connectivity index (χ0) is 13.8. The average Bonchev–Trinajstić information content (AvgIpc) is 2.26. The van der Waals surface area contributed by atoms with Crippen molar-refractivity contribution in [2.75, 3.05) is 19.0 Å². The highest BCUT2D eigenvalue weighted by Gasteiger charge is 2.28. The van der Waals surface area contributed by atoms with E-state index in [0.29, 0.717) is 0 Å². The van der Waals surface area contributed by atoms with Crippen LogP contribution in [-0.4, -0.2) is 24.8 Å². The van der Waals surface area contributed by atoms with Crippen molar-refractivity contribution in [1.29, 1.82) is 0 Å². The highest BCUT2D eigenvalue weighted by atomic mass is 19.4. The molecular formula is C10H11F3N2O3. The first-order valence-electron chi connectivity index (χ1n) is 5.00. The van der Waals surface area contributed by atoms with Crippen molar-refractivity contribution in [2.24, 2.45) is 0 Å². The predicted molar refractivity (Wildman–Crippen MR) is 58.8 cm³/mol.